The van der Waals surface area contributed by atoms with Gasteiger partial charge in [0.15, 0.2) is 11.5 Å². The number of amides is 2. The second-order valence-corrected chi connectivity index (χ2v) is 7.69. The van der Waals surface area contributed by atoms with Crippen LogP contribution in [0.25, 0.3) is 0 Å². The standard InChI is InChI=1S/C23H24N2O6/c1-12-5-7-15(13(2)11-12)24-21(27)16-8-10-18(26)25(16)22-14-6-9-17(29-3)20(30-4)19(14)23(28)31-22/h5-7,9,11,16,22H,8,10H2,1-4H3,(H,24,27)/t16-,22?/m0/s1. The third kappa shape index (κ3) is 3.48. The van der Waals surface area contributed by atoms with Crippen LogP contribution >= 0.6 is 0 Å². The summed E-state index contributed by atoms with van der Waals surface area (Å²) in [5, 5.41) is 2.91. The van der Waals surface area contributed by atoms with E-state index in [1.165, 1.54) is 19.1 Å². The second-order valence-electron chi connectivity index (χ2n) is 7.69. The molecule has 0 aromatic heterocycles. The highest BCUT2D eigenvalue weighted by Gasteiger charge is 2.47. The number of likely N-dealkylation sites (tertiary alicyclic amines) is 1. The lowest BCUT2D eigenvalue weighted by Gasteiger charge is -2.29. The molecule has 1 saturated heterocycles. The number of anilines is 1. The van der Waals surface area contributed by atoms with Crippen LogP contribution in [0.1, 0.15) is 46.1 Å². The molecule has 2 aromatic carbocycles. The number of hydrogen-bond donors (Lipinski definition) is 1. The second kappa shape index (κ2) is 7.94. The molecule has 0 aliphatic carbocycles. The molecule has 8 nitrogen and oxygen atoms in total. The molecule has 8 heteroatoms. The molecule has 0 saturated carbocycles. The number of carbonyl (C=O) groups excluding carboxylic acids is 3. The number of hydrogen-bond acceptors (Lipinski definition) is 6. The molecule has 0 spiro atoms. The molecule has 0 radical (unpaired) electrons. The smallest absolute Gasteiger partial charge is 0.344 e. The fourth-order valence-corrected chi connectivity index (χ4v) is 4.21. The van der Waals surface area contributed by atoms with Gasteiger partial charge in [0.2, 0.25) is 18.0 Å². The largest absolute Gasteiger partial charge is 0.493 e. The van der Waals surface area contributed by atoms with Gasteiger partial charge in [-0.25, -0.2) is 4.79 Å². The first-order valence-corrected chi connectivity index (χ1v) is 10.0. The molecule has 2 heterocycles. The molecule has 2 aliphatic rings. The van der Waals surface area contributed by atoms with Crippen molar-refractivity contribution in [2.45, 2.75) is 39.0 Å². The Balaban J connectivity index is 1.65. The van der Waals surface area contributed by atoms with E-state index >= 15 is 0 Å². The summed E-state index contributed by atoms with van der Waals surface area (Å²) in [6, 6.07) is 8.28. The Labute approximate surface area is 180 Å². The Morgan fingerprint density at radius 2 is 1.90 bits per heavy atom. The monoisotopic (exact) mass is 424 g/mol. The zero-order valence-corrected chi connectivity index (χ0v) is 17.9. The molecule has 0 bridgehead atoms. The molecule has 162 valence electrons. The summed E-state index contributed by atoms with van der Waals surface area (Å²) in [4.78, 5) is 39.8. The van der Waals surface area contributed by atoms with Gasteiger partial charge in [-0.15, -0.1) is 0 Å². The number of fused-ring (bicyclic) bond motifs is 1. The average Bonchev–Trinajstić information content (AvgIpc) is 3.29. The van der Waals surface area contributed by atoms with Gasteiger partial charge in [0.1, 0.15) is 11.6 Å². The summed E-state index contributed by atoms with van der Waals surface area (Å²) < 4.78 is 16.2. The van der Waals surface area contributed by atoms with E-state index in [2.05, 4.69) is 5.32 Å². The normalized spacial score (nSPS) is 19.8. The third-order valence-electron chi connectivity index (χ3n) is 5.72. The number of esters is 1. The highest BCUT2D eigenvalue weighted by atomic mass is 16.6. The zero-order chi connectivity index (χ0) is 22.3. The first-order valence-electron chi connectivity index (χ1n) is 10.0. The first-order chi connectivity index (χ1) is 14.8. The summed E-state index contributed by atoms with van der Waals surface area (Å²) in [6.07, 6.45) is -0.458. The number of ether oxygens (including phenoxy) is 3. The number of carbonyl (C=O) groups is 3. The molecule has 2 aliphatic heterocycles. The van der Waals surface area contributed by atoms with Crippen molar-refractivity contribution >= 4 is 23.5 Å². The van der Waals surface area contributed by atoms with Crippen LogP contribution in [0.3, 0.4) is 0 Å². The van der Waals surface area contributed by atoms with E-state index < -0.39 is 18.2 Å². The molecular formula is C23H24N2O6. The summed E-state index contributed by atoms with van der Waals surface area (Å²) in [5.74, 6) is -0.556. The lowest BCUT2D eigenvalue weighted by molar-refractivity contribution is -0.144. The Morgan fingerprint density at radius 3 is 2.58 bits per heavy atom. The topological polar surface area (TPSA) is 94.2 Å². The Bertz CT molecular complexity index is 1080. The van der Waals surface area contributed by atoms with Crippen molar-refractivity contribution in [1.29, 1.82) is 0 Å². The molecule has 1 N–H and O–H groups in total. The minimum atomic E-state index is -0.993. The average molecular weight is 424 g/mol. The molecular weight excluding hydrogens is 400 g/mol. The molecule has 4 rings (SSSR count). The van der Waals surface area contributed by atoms with Gasteiger partial charge in [-0.05, 0) is 44.0 Å². The number of aryl methyl sites for hydroxylation is 2. The number of nitrogens with zero attached hydrogens (tertiary/aromatic N) is 1. The van der Waals surface area contributed by atoms with E-state index in [0.29, 0.717) is 23.4 Å². The van der Waals surface area contributed by atoms with Crippen LogP contribution in [0, 0.1) is 13.8 Å². The SMILES string of the molecule is COc1ccc2c(c1OC)C(=O)OC2N1C(=O)CC[C@H]1C(=O)Nc1ccc(C)cc1C. The van der Waals surface area contributed by atoms with Crippen molar-refractivity contribution in [3.8, 4) is 11.5 Å². The van der Waals surface area contributed by atoms with E-state index in [9.17, 15) is 14.4 Å². The van der Waals surface area contributed by atoms with Crippen LogP contribution in [0.2, 0.25) is 0 Å². The van der Waals surface area contributed by atoms with E-state index in [1.54, 1.807) is 12.1 Å². The predicted molar refractivity (Wildman–Crippen MR) is 112 cm³/mol. The van der Waals surface area contributed by atoms with Crippen LogP contribution < -0.4 is 14.8 Å². The number of rotatable bonds is 5. The van der Waals surface area contributed by atoms with Gasteiger partial charge in [-0.2, -0.15) is 0 Å². The van der Waals surface area contributed by atoms with Crippen LogP contribution in [0.4, 0.5) is 5.69 Å². The Kier molecular flexibility index (Phi) is 5.31. The van der Waals surface area contributed by atoms with E-state index in [4.69, 9.17) is 14.2 Å². The van der Waals surface area contributed by atoms with Crippen LogP contribution in [-0.4, -0.2) is 42.9 Å². The van der Waals surface area contributed by atoms with Crippen molar-refractivity contribution in [1.82, 2.24) is 4.90 Å². The van der Waals surface area contributed by atoms with E-state index in [-0.39, 0.29) is 29.5 Å². The molecule has 2 aromatic rings. The van der Waals surface area contributed by atoms with Crippen molar-refractivity contribution in [3.05, 3.63) is 52.6 Å². The maximum atomic E-state index is 13.1. The van der Waals surface area contributed by atoms with Crippen LogP contribution in [0.5, 0.6) is 11.5 Å². The Hall–Kier alpha value is -3.55. The quantitative estimate of drug-likeness (QED) is 0.742. The van der Waals surface area contributed by atoms with Gasteiger partial charge in [-0.3, -0.25) is 14.5 Å². The predicted octanol–water partition coefficient (Wildman–Crippen LogP) is 3.12. The molecule has 1 fully saturated rings. The van der Waals surface area contributed by atoms with Gasteiger partial charge in [-0.1, -0.05) is 17.7 Å². The third-order valence-corrected chi connectivity index (χ3v) is 5.72. The fourth-order valence-electron chi connectivity index (χ4n) is 4.21. The summed E-state index contributed by atoms with van der Waals surface area (Å²) >= 11 is 0. The maximum Gasteiger partial charge on any atom is 0.344 e. The molecule has 2 amide bonds. The minimum absolute atomic E-state index is 0.196. The highest BCUT2D eigenvalue weighted by Crippen LogP contribution is 2.45. The zero-order valence-electron chi connectivity index (χ0n) is 17.9. The van der Waals surface area contributed by atoms with Gasteiger partial charge in [0.25, 0.3) is 0 Å². The van der Waals surface area contributed by atoms with Crippen molar-refractivity contribution < 1.29 is 28.6 Å². The lowest BCUT2D eigenvalue weighted by atomic mass is 10.0. The number of methoxy groups -OCH3 is 2. The van der Waals surface area contributed by atoms with Crippen molar-refractivity contribution in [3.63, 3.8) is 0 Å². The highest BCUT2D eigenvalue weighted by molar-refractivity contribution is 6.01. The Morgan fingerprint density at radius 1 is 1.13 bits per heavy atom. The molecule has 1 unspecified atom stereocenters. The van der Waals surface area contributed by atoms with Gasteiger partial charge in [0, 0.05) is 17.7 Å². The van der Waals surface area contributed by atoms with Gasteiger partial charge in [0.05, 0.1) is 14.2 Å². The van der Waals surface area contributed by atoms with Crippen molar-refractivity contribution in [2.75, 3.05) is 19.5 Å². The number of benzene rings is 2. The summed E-state index contributed by atoms with van der Waals surface area (Å²) in [6.45, 7) is 3.89. The fraction of sp³-hybridized carbons (Fsp3) is 0.348. The maximum absolute atomic E-state index is 13.1. The van der Waals surface area contributed by atoms with E-state index in [1.807, 2.05) is 32.0 Å². The lowest BCUT2D eigenvalue weighted by Crippen LogP contribution is -2.44. The summed E-state index contributed by atoms with van der Waals surface area (Å²) in [7, 11) is 2.90. The number of nitrogens with one attached hydrogen (secondary N) is 1. The van der Waals surface area contributed by atoms with Crippen LogP contribution in [0.15, 0.2) is 30.3 Å². The molecule has 31 heavy (non-hydrogen) atoms. The first kappa shape index (κ1) is 20.7. The van der Waals surface area contributed by atoms with Crippen molar-refractivity contribution in [2.24, 2.45) is 0 Å². The van der Waals surface area contributed by atoms with Gasteiger partial charge < -0.3 is 19.5 Å². The van der Waals surface area contributed by atoms with Gasteiger partial charge >= 0.3 is 5.97 Å². The van der Waals surface area contributed by atoms with E-state index in [0.717, 1.165) is 11.1 Å². The summed E-state index contributed by atoms with van der Waals surface area (Å²) in [5.41, 5.74) is 3.39. The van der Waals surface area contributed by atoms with Crippen LogP contribution in [-0.2, 0) is 14.3 Å². The molecule has 2 atom stereocenters. The number of cyclic esters (lactones) is 1. The minimum Gasteiger partial charge on any atom is -0.493 e.